The molecule has 2 N–H and O–H groups in total. The number of hydrogen-bond donors (Lipinski definition) is 2. The van der Waals surface area contributed by atoms with Crippen LogP contribution in [0.3, 0.4) is 0 Å². The maximum absolute atomic E-state index is 9.53. The Morgan fingerprint density at radius 1 is 1.04 bits per heavy atom. The number of rotatable bonds is 4. The van der Waals surface area contributed by atoms with Gasteiger partial charge in [-0.3, -0.25) is 0 Å². The monoisotopic (exact) mass is 386 g/mol. The maximum Gasteiger partial charge on any atom is 0.115 e. The Balaban J connectivity index is 1.79. The van der Waals surface area contributed by atoms with E-state index < -0.39 is 0 Å². The summed E-state index contributed by atoms with van der Waals surface area (Å²) >= 11 is 1.61. The summed E-state index contributed by atoms with van der Waals surface area (Å²) in [6.45, 7) is 0.490. The van der Waals surface area contributed by atoms with E-state index in [4.69, 9.17) is 10.1 Å². The molecule has 0 aliphatic carbocycles. The summed E-state index contributed by atoms with van der Waals surface area (Å²) in [6.07, 6.45) is 1.85. The second-order valence-electron chi connectivity index (χ2n) is 6.26. The molecular weight excluding hydrogens is 368 g/mol. The summed E-state index contributed by atoms with van der Waals surface area (Å²) in [5, 5.41) is 20.5. The first-order valence-corrected chi connectivity index (χ1v) is 9.69. The normalized spacial score (nSPS) is 10.5. The van der Waals surface area contributed by atoms with Gasteiger partial charge in [-0.05, 0) is 23.8 Å². The van der Waals surface area contributed by atoms with Crippen molar-refractivity contribution in [1.29, 1.82) is 0 Å². The quantitative estimate of drug-likeness (QED) is 0.512. The summed E-state index contributed by atoms with van der Waals surface area (Å²) in [5.41, 5.74) is 4.96. The molecule has 0 aliphatic rings. The second-order valence-corrected chi connectivity index (χ2v) is 7.17. The number of benzene rings is 2. The Morgan fingerprint density at radius 3 is 2.57 bits per heavy atom. The molecule has 0 saturated carbocycles. The van der Waals surface area contributed by atoms with Crippen molar-refractivity contribution in [1.82, 2.24) is 9.55 Å². The van der Waals surface area contributed by atoms with Crippen LogP contribution in [-0.4, -0.2) is 26.4 Å². The maximum atomic E-state index is 9.53. The summed E-state index contributed by atoms with van der Waals surface area (Å²) in [7, 11) is 0. The van der Waals surface area contributed by atoms with Crippen molar-refractivity contribution < 1.29 is 10.2 Å². The van der Waals surface area contributed by atoms with Crippen molar-refractivity contribution in [2.75, 3.05) is 6.61 Å². The molecule has 0 amide bonds. The Labute approximate surface area is 167 Å². The minimum Gasteiger partial charge on any atom is -0.508 e. The van der Waals surface area contributed by atoms with Gasteiger partial charge in [0.25, 0.3) is 0 Å². The fourth-order valence-electron chi connectivity index (χ4n) is 3.03. The number of imidazole rings is 1. The lowest BCUT2D eigenvalue weighted by Gasteiger charge is -2.09. The lowest BCUT2D eigenvalue weighted by Crippen LogP contribution is -2.00. The van der Waals surface area contributed by atoms with E-state index in [1.54, 1.807) is 23.5 Å². The first-order valence-electron chi connectivity index (χ1n) is 8.81. The highest BCUT2D eigenvalue weighted by Gasteiger charge is 2.17. The lowest BCUT2D eigenvalue weighted by molar-refractivity contribution is 0.350. The van der Waals surface area contributed by atoms with Gasteiger partial charge in [-0.25, -0.2) is 4.98 Å². The molecule has 28 heavy (non-hydrogen) atoms. The van der Waals surface area contributed by atoms with Crippen LogP contribution in [-0.2, 0) is 6.54 Å². The SMILES string of the molecule is OCC#Cc1csc(-c2c(-c3ccccc3)ncn2Cc2ccc(O)cc2)c1. The zero-order chi connectivity index (χ0) is 19.3. The number of aromatic nitrogens is 2. The van der Waals surface area contributed by atoms with E-state index in [1.807, 2.05) is 48.1 Å². The molecule has 0 unspecified atom stereocenters. The smallest absolute Gasteiger partial charge is 0.115 e. The number of thiophene rings is 1. The lowest BCUT2D eigenvalue weighted by atomic mass is 10.1. The third kappa shape index (κ3) is 3.84. The van der Waals surface area contributed by atoms with Crippen LogP contribution in [0.2, 0.25) is 0 Å². The summed E-state index contributed by atoms with van der Waals surface area (Å²) in [5.74, 6) is 5.91. The zero-order valence-electron chi connectivity index (χ0n) is 15.0. The van der Waals surface area contributed by atoms with Crippen molar-refractivity contribution in [2.45, 2.75) is 6.54 Å². The van der Waals surface area contributed by atoms with Crippen LogP contribution < -0.4 is 0 Å². The van der Waals surface area contributed by atoms with E-state index in [1.165, 1.54) is 0 Å². The molecule has 0 fully saturated rings. The van der Waals surface area contributed by atoms with Crippen molar-refractivity contribution in [3.8, 4) is 39.4 Å². The highest BCUT2D eigenvalue weighted by Crippen LogP contribution is 2.35. The summed E-state index contributed by atoms with van der Waals surface area (Å²) in [6, 6.07) is 19.3. The van der Waals surface area contributed by atoms with E-state index in [0.29, 0.717) is 6.54 Å². The Bertz CT molecular complexity index is 1130. The molecule has 0 bridgehead atoms. The zero-order valence-corrected chi connectivity index (χ0v) is 15.9. The number of aliphatic hydroxyl groups excluding tert-OH is 1. The van der Waals surface area contributed by atoms with Gasteiger partial charge in [0.05, 0.1) is 22.6 Å². The average Bonchev–Trinajstić information content (AvgIpc) is 3.35. The van der Waals surface area contributed by atoms with E-state index >= 15 is 0 Å². The molecule has 2 heterocycles. The van der Waals surface area contributed by atoms with Gasteiger partial charge in [-0.1, -0.05) is 54.3 Å². The van der Waals surface area contributed by atoms with E-state index in [-0.39, 0.29) is 12.4 Å². The standard InChI is InChI=1S/C23H18N2O2S/c26-12-4-5-18-13-21(28-15-18)23-22(19-6-2-1-3-7-19)24-16-25(23)14-17-8-10-20(27)11-9-17/h1-3,6-11,13,15-16,26-27H,12,14H2. The van der Waals surface area contributed by atoms with Crippen molar-refractivity contribution in [2.24, 2.45) is 0 Å². The van der Waals surface area contributed by atoms with Crippen LogP contribution in [0.15, 0.2) is 72.4 Å². The summed E-state index contributed by atoms with van der Waals surface area (Å²) in [4.78, 5) is 5.76. The average molecular weight is 386 g/mol. The largest absolute Gasteiger partial charge is 0.508 e. The van der Waals surface area contributed by atoms with Gasteiger partial charge < -0.3 is 14.8 Å². The Hall–Kier alpha value is -3.33. The molecule has 2 aromatic carbocycles. The van der Waals surface area contributed by atoms with Gasteiger partial charge in [0.15, 0.2) is 0 Å². The van der Waals surface area contributed by atoms with Crippen molar-refractivity contribution in [3.63, 3.8) is 0 Å². The predicted octanol–water partition coefficient (Wildman–Crippen LogP) is 4.38. The fourth-order valence-corrected chi connectivity index (χ4v) is 3.93. The molecule has 138 valence electrons. The second kappa shape index (κ2) is 8.13. The number of phenolic OH excluding ortho intramolecular Hbond substituents is 1. The number of phenols is 1. The molecule has 5 heteroatoms. The Kier molecular flexibility index (Phi) is 5.24. The minimum atomic E-state index is -0.154. The third-order valence-electron chi connectivity index (χ3n) is 4.32. The van der Waals surface area contributed by atoms with Crippen molar-refractivity contribution in [3.05, 3.63) is 83.5 Å². The Morgan fingerprint density at radius 2 is 1.82 bits per heavy atom. The molecule has 4 aromatic rings. The van der Waals surface area contributed by atoms with Crippen LogP contribution in [0.1, 0.15) is 11.1 Å². The van der Waals surface area contributed by atoms with Gasteiger partial charge in [0.2, 0.25) is 0 Å². The molecular formula is C23H18N2O2S. The number of nitrogens with zero attached hydrogens (tertiary/aromatic N) is 2. The molecule has 4 rings (SSSR count). The topological polar surface area (TPSA) is 58.3 Å². The molecule has 0 saturated heterocycles. The van der Waals surface area contributed by atoms with Gasteiger partial charge in [-0.2, -0.15) is 0 Å². The minimum absolute atomic E-state index is 0.154. The fraction of sp³-hybridized carbons (Fsp3) is 0.0870. The molecule has 2 aromatic heterocycles. The van der Waals surface area contributed by atoms with Crippen LogP contribution in [0.25, 0.3) is 21.8 Å². The molecule has 0 aliphatic heterocycles. The van der Waals surface area contributed by atoms with Crippen LogP contribution in [0.5, 0.6) is 5.75 Å². The molecule has 0 atom stereocenters. The molecule has 0 radical (unpaired) electrons. The first-order chi connectivity index (χ1) is 13.7. The van der Waals surface area contributed by atoms with E-state index in [0.717, 1.165) is 33.0 Å². The van der Waals surface area contributed by atoms with E-state index in [2.05, 4.69) is 28.5 Å². The third-order valence-corrected chi connectivity index (χ3v) is 5.26. The van der Waals surface area contributed by atoms with Gasteiger partial charge in [-0.15, -0.1) is 11.3 Å². The molecule has 4 nitrogen and oxygen atoms in total. The number of hydrogen-bond acceptors (Lipinski definition) is 4. The number of aromatic hydroxyl groups is 1. The predicted molar refractivity (Wildman–Crippen MR) is 112 cm³/mol. The molecule has 0 spiro atoms. The van der Waals surface area contributed by atoms with Gasteiger partial charge >= 0.3 is 0 Å². The highest BCUT2D eigenvalue weighted by atomic mass is 32.1. The highest BCUT2D eigenvalue weighted by molar-refractivity contribution is 7.13. The van der Waals surface area contributed by atoms with E-state index in [9.17, 15) is 5.11 Å². The number of aliphatic hydroxyl groups is 1. The van der Waals surface area contributed by atoms with Crippen LogP contribution in [0, 0.1) is 11.8 Å². The van der Waals surface area contributed by atoms with Crippen LogP contribution >= 0.6 is 11.3 Å². The first kappa shape index (κ1) is 18.1. The van der Waals surface area contributed by atoms with Crippen LogP contribution in [0.4, 0.5) is 0 Å². The van der Waals surface area contributed by atoms with Crippen molar-refractivity contribution >= 4 is 11.3 Å². The summed E-state index contributed by atoms with van der Waals surface area (Å²) < 4.78 is 2.11. The van der Waals surface area contributed by atoms with Gasteiger partial charge in [0.1, 0.15) is 12.4 Å². The van der Waals surface area contributed by atoms with Gasteiger partial charge in [0, 0.05) is 23.1 Å².